The lowest BCUT2D eigenvalue weighted by Gasteiger charge is -2.31. The highest BCUT2D eigenvalue weighted by Crippen LogP contribution is 2.42. The molecule has 0 aliphatic rings. The summed E-state index contributed by atoms with van der Waals surface area (Å²) in [6.45, 7) is 13.1. The van der Waals surface area contributed by atoms with Crippen LogP contribution in [-0.4, -0.2) is 12.9 Å². The molecule has 1 aromatic carbocycles. The summed E-state index contributed by atoms with van der Waals surface area (Å²) in [7, 11) is 0. The van der Waals surface area contributed by atoms with E-state index in [-0.39, 0.29) is 17.4 Å². The Hall–Kier alpha value is -1.02. The molecule has 0 aliphatic carbocycles. The first kappa shape index (κ1) is 18.0. The Balaban J connectivity index is 3.48. The predicted octanol–water partition coefficient (Wildman–Crippen LogP) is 5.29. The molecule has 0 fully saturated rings. The minimum absolute atomic E-state index is 0.0127. The van der Waals surface area contributed by atoms with Crippen LogP contribution in [0.1, 0.15) is 65.5 Å². The fourth-order valence-corrected chi connectivity index (χ4v) is 2.64. The Kier molecular flexibility index (Phi) is 5.86. The SMILES string of the molecule is CCC(C)(C)c1cc(C(C)(C)CC)c(OCC=O)cc1Cl. The molecule has 0 unspecified atom stereocenters. The van der Waals surface area contributed by atoms with E-state index in [1.165, 1.54) is 0 Å². The van der Waals surface area contributed by atoms with Crippen molar-refractivity contribution in [1.82, 2.24) is 0 Å². The summed E-state index contributed by atoms with van der Waals surface area (Å²) < 4.78 is 5.60. The second kappa shape index (κ2) is 6.83. The number of ether oxygens (including phenoxy) is 1. The van der Waals surface area contributed by atoms with Crippen molar-refractivity contribution in [2.45, 2.75) is 65.2 Å². The van der Waals surface area contributed by atoms with E-state index in [4.69, 9.17) is 16.3 Å². The third-order valence-corrected chi connectivity index (χ3v) is 4.91. The first-order valence-corrected chi connectivity index (χ1v) is 7.98. The van der Waals surface area contributed by atoms with Gasteiger partial charge in [0.2, 0.25) is 0 Å². The molecule has 0 aromatic heterocycles. The Morgan fingerprint density at radius 3 is 2.05 bits per heavy atom. The first-order valence-electron chi connectivity index (χ1n) is 7.60. The molecule has 118 valence electrons. The van der Waals surface area contributed by atoms with Gasteiger partial charge in [0, 0.05) is 10.6 Å². The van der Waals surface area contributed by atoms with E-state index in [9.17, 15) is 4.79 Å². The lowest BCUT2D eigenvalue weighted by Crippen LogP contribution is -2.22. The van der Waals surface area contributed by atoms with Gasteiger partial charge in [-0.1, -0.05) is 53.1 Å². The maximum Gasteiger partial charge on any atom is 0.157 e. The van der Waals surface area contributed by atoms with Gasteiger partial charge in [0.05, 0.1) is 0 Å². The summed E-state index contributed by atoms with van der Waals surface area (Å²) in [5.41, 5.74) is 2.25. The van der Waals surface area contributed by atoms with Crippen molar-refractivity contribution in [1.29, 1.82) is 0 Å². The number of carbonyl (C=O) groups is 1. The van der Waals surface area contributed by atoms with Gasteiger partial charge in [-0.25, -0.2) is 0 Å². The highest BCUT2D eigenvalue weighted by molar-refractivity contribution is 6.31. The summed E-state index contributed by atoms with van der Waals surface area (Å²) in [6, 6.07) is 4.03. The normalized spacial score (nSPS) is 12.3. The van der Waals surface area contributed by atoms with Crippen LogP contribution < -0.4 is 4.74 Å². The van der Waals surface area contributed by atoms with Gasteiger partial charge in [0.1, 0.15) is 12.4 Å². The number of carbonyl (C=O) groups excluding carboxylic acids is 1. The van der Waals surface area contributed by atoms with Gasteiger partial charge in [0.15, 0.2) is 6.29 Å². The second-order valence-electron chi connectivity index (χ2n) is 6.78. The molecule has 0 heterocycles. The molecule has 0 radical (unpaired) electrons. The van der Waals surface area contributed by atoms with Crippen molar-refractivity contribution in [2.24, 2.45) is 0 Å². The Morgan fingerprint density at radius 2 is 1.57 bits per heavy atom. The minimum Gasteiger partial charge on any atom is -0.486 e. The van der Waals surface area contributed by atoms with Crippen molar-refractivity contribution < 1.29 is 9.53 Å². The van der Waals surface area contributed by atoms with Crippen molar-refractivity contribution in [3.63, 3.8) is 0 Å². The molecule has 0 amide bonds. The largest absolute Gasteiger partial charge is 0.486 e. The Morgan fingerprint density at radius 1 is 1.05 bits per heavy atom. The highest BCUT2D eigenvalue weighted by atomic mass is 35.5. The maximum absolute atomic E-state index is 10.6. The van der Waals surface area contributed by atoms with E-state index in [2.05, 4.69) is 47.6 Å². The number of hydrogen-bond donors (Lipinski definition) is 0. The summed E-state index contributed by atoms with van der Waals surface area (Å²) >= 11 is 6.47. The smallest absolute Gasteiger partial charge is 0.157 e. The van der Waals surface area contributed by atoms with Crippen molar-refractivity contribution in [2.75, 3.05) is 6.61 Å². The Bertz CT molecular complexity index is 504. The van der Waals surface area contributed by atoms with Gasteiger partial charge in [-0.3, -0.25) is 4.79 Å². The van der Waals surface area contributed by atoms with Crippen LogP contribution in [0.4, 0.5) is 0 Å². The van der Waals surface area contributed by atoms with Crippen LogP contribution in [0.25, 0.3) is 0 Å². The summed E-state index contributed by atoms with van der Waals surface area (Å²) in [5.74, 6) is 0.717. The average molecular weight is 311 g/mol. The van der Waals surface area contributed by atoms with Crippen LogP contribution in [-0.2, 0) is 15.6 Å². The van der Waals surface area contributed by atoms with E-state index >= 15 is 0 Å². The minimum atomic E-state index is -0.0264. The molecule has 0 saturated heterocycles. The van der Waals surface area contributed by atoms with Gasteiger partial charge in [-0.15, -0.1) is 0 Å². The number of rotatable bonds is 7. The fraction of sp³-hybridized carbons (Fsp3) is 0.611. The van der Waals surface area contributed by atoms with E-state index in [0.29, 0.717) is 5.02 Å². The van der Waals surface area contributed by atoms with E-state index in [1.807, 2.05) is 6.07 Å². The van der Waals surface area contributed by atoms with E-state index in [1.54, 1.807) is 0 Å². The van der Waals surface area contributed by atoms with Crippen LogP contribution in [0.15, 0.2) is 12.1 Å². The third kappa shape index (κ3) is 4.00. The van der Waals surface area contributed by atoms with Gasteiger partial charge < -0.3 is 4.74 Å². The summed E-state index contributed by atoms with van der Waals surface area (Å²) in [4.78, 5) is 10.6. The molecule has 0 atom stereocenters. The summed E-state index contributed by atoms with van der Waals surface area (Å²) in [6.07, 6.45) is 2.76. The molecular weight excluding hydrogens is 284 g/mol. The Labute approximate surface area is 133 Å². The zero-order chi connectivity index (χ0) is 16.3. The van der Waals surface area contributed by atoms with E-state index < -0.39 is 0 Å². The van der Waals surface area contributed by atoms with Crippen molar-refractivity contribution >= 4 is 17.9 Å². The fourth-order valence-electron chi connectivity index (χ4n) is 2.23. The zero-order valence-corrected chi connectivity index (χ0v) is 14.8. The van der Waals surface area contributed by atoms with Crippen LogP contribution in [0.3, 0.4) is 0 Å². The van der Waals surface area contributed by atoms with Crippen LogP contribution in [0.2, 0.25) is 5.02 Å². The second-order valence-corrected chi connectivity index (χ2v) is 7.19. The maximum atomic E-state index is 10.6. The number of aldehydes is 1. The standard InChI is InChI=1S/C18H27ClO2/c1-7-17(3,4)13-11-14(18(5,6)8-2)16(12-15(13)19)21-10-9-20/h9,11-12H,7-8,10H2,1-6H3. The molecule has 0 saturated carbocycles. The lowest BCUT2D eigenvalue weighted by molar-refractivity contribution is -0.109. The molecule has 2 nitrogen and oxygen atoms in total. The molecule has 21 heavy (non-hydrogen) atoms. The van der Waals surface area contributed by atoms with Crippen molar-refractivity contribution in [3.8, 4) is 5.75 Å². The topological polar surface area (TPSA) is 26.3 Å². The van der Waals surface area contributed by atoms with E-state index in [0.717, 1.165) is 36.0 Å². The van der Waals surface area contributed by atoms with Gasteiger partial charge in [-0.2, -0.15) is 0 Å². The van der Waals surface area contributed by atoms with Crippen LogP contribution in [0.5, 0.6) is 5.75 Å². The molecule has 0 N–H and O–H groups in total. The lowest BCUT2D eigenvalue weighted by atomic mass is 9.76. The average Bonchev–Trinajstić information content (AvgIpc) is 2.44. The molecule has 3 heteroatoms. The van der Waals surface area contributed by atoms with Crippen LogP contribution in [0, 0.1) is 0 Å². The molecule has 0 bridgehead atoms. The van der Waals surface area contributed by atoms with Gasteiger partial charge >= 0.3 is 0 Å². The third-order valence-electron chi connectivity index (χ3n) is 4.60. The predicted molar refractivity (Wildman–Crippen MR) is 89.6 cm³/mol. The summed E-state index contributed by atoms with van der Waals surface area (Å²) in [5, 5.41) is 0.707. The monoisotopic (exact) mass is 310 g/mol. The molecule has 0 aliphatic heterocycles. The molecular formula is C18H27ClO2. The highest BCUT2D eigenvalue weighted by Gasteiger charge is 2.28. The number of hydrogen-bond acceptors (Lipinski definition) is 2. The van der Waals surface area contributed by atoms with Gasteiger partial charge in [0.25, 0.3) is 0 Å². The van der Waals surface area contributed by atoms with Gasteiger partial charge in [-0.05, 0) is 41.4 Å². The molecule has 0 spiro atoms. The van der Waals surface area contributed by atoms with Crippen LogP contribution >= 0.6 is 11.6 Å². The quantitative estimate of drug-likeness (QED) is 0.639. The first-order chi connectivity index (χ1) is 9.69. The molecule has 1 aromatic rings. The van der Waals surface area contributed by atoms with Crippen molar-refractivity contribution in [3.05, 3.63) is 28.3 Å². The molecule has 1 rings (SSSR count). The zero-order valence-electron chi connectivity index (χ0n) is 14.0. The number of halogens is 1. The number of benzene rings is 1.